The average molecular weight is 886 g/mol. The Morgan fingerprint density at radius 3 is 1.44 bits per heavy atom. The fourth-order valence-corrected chi connectivity index (χ4v) is 6.61. The Hall–Kier alpha value is -3.07. The molecule has 0 radical (unpaired) electrons. The third-order valence-electron chi connectivity index (χ3n) is 9.60. The molecule has 0 heterocycles. The summed E-state index contributed by atoms with van der Waals surface area (Å²) in [4.78, 5) is 37.6. The smallest absolute Gasteiger partial charge is 0.306 e. The van der Waals surface area contributed by atoms with Gasteiger partial charge in [-0.15, -0.1) is 0 Å². The number of hydrogen-bond donors (Lipinski definition) is 0. The normalized spacial score (nSPS) is 14.4. The van der Waals surface area contributed by atoms with Gasteiger partial charge in [0.25, 0.3) is 7.82 Å². The molecular formula is C52H88NO8P. The van der Waals surface area contributed by atoms with E-state index in [1.807, 2.05) is 33.3 Å². The number of carbonyl (C=O) groups is 2. The summed E-state index contributed by atoms with van der Waals surface area (Å²) < 4.78 is 33.9. The Morgan fingerprint density at radius 1 is 0.516 bits per heavy atom. The van der Waals surface area contributed by atoms with Crippen LogP contribution in [0, 0.1) is 0 Å². The summed E-state index contributed by atoms with van der Waals surface area (Å²) >= 11 is 0. The van der Waals surface area contributed by atoms with Gasteiger partial charge in [-0.25, -0.2) is 0 Å². The number of allylic oxidation sites excluding steroid dienone is 16. The van der Waals surface area contributed by atoms with Crippen LogP contribution in [0.25, 0.3) is 0 Å². The van der Waals surface area contributed by atoms with Crippen molar-refractivity contribution < 1.29 is 42.1 Å². The van der Waals surface area contributed by atoms with E-state index in [0.717, 1.165) is 70.6 Å². The Kier molecular flexibility index (Phi) is 41.1. The van der Waals surface area contributed by atoms with Crippen molar-refractivity contribution in [3.05, 3.63) is 97.2 Å². The summed E-state index contributed by atoms with van der Waals surface area (Å²) in [7, 11) is 1.10. The molecular weight excluding hydrogens is 798 g/mol. The fourth-order valence-electron chi connectivity index (χ4n) is 5.89. The van der Waals surface area contributed by atoms with E-state index in [1.165, 1.54) is 57.8 Å². The molecule has 9 nitrogen and oxygen atoms in total. The van der Waals surface area contributed by atoms with Crippen LogP contribution in [0.4, 0.5) is 0 Å². The maximum atomic E-state index is 12.7. The maximum absolute atomic E-state index is 12.7. The lowest BCUT2D eigenvalue weighted by atomic mass is 10.1. The van der Waals surface area contributed by atoms with Gasteiger partial charge in [-0.05, 0) is 83.5 Å². The zero-order chi connectivity index (χ0) is 45.7. The molecule has 0 saturated carbocycles. The van der Waals surface area contributed by atoms with Crippen molar-refractivity contribution in [1.29, 1.82) is 0 Å². The lowest BCUT2D eigenvalue weighted by Gasteiger charge is -2.28. The number of likely N-dealkylation sites (N-methyl/N-ethyl adjacent to an activating group) is 1. The number of esters is 2. The van der Waals surface area contributed by atoms with Crippen molar-refractivity contribution in [2.75, 3.05) is 47.5 Å². The SMILES string of the molecule is CC/C=C\C/C=C\C/C=C\C/C=C\C/C=C\C/C=C\CCC(=O)OC(COC(=O)CCCCCCCCCCC/C=C\C/C=C\CCCCC)COP(=O)([O-])OCC[N+](C)(C)C. The number of hydrogen-bond acceptors (Lipinski definition) is 8. The number of unbranched alkanes of at least 4 members (excludes halogenated alkanes) is 12. The highest BCUT2D eigenvalue weighted by Crippen LogP contribution is 2.38. The summed E-state index contributed by atoms with van der Waals surface area (Å²) in [5, 5.41) is 0. The molecule has 62 heavy (non-hydrogen) atoms. The van der Waals surface area contributed by atoms with Gasteiger partial charge >= 0.3 is 11.9 Å². The van der Waals surface area contributed by atoms with Gasteiger partial charge in [0.05, 0.1) is 27.7 Å². The quantitative estimate of drug-likeness (QED) is 0.0196. The number of phosphoric acid groups is 1. The first-order valence-corrected chi connectivity index (χ1v) is 25.4. The molecule has 0 bridgehead atoms. The predicted octanol–water partition coefficient (Wildman–Crippen LogP) is 13.5. The zero-order valence-electron chi connectivity index (χ0n) is 39.8. The molecule has 0 aromatic rings. The summed E-state index contributed by atoms with van der Waals surface area (Å²) in [6.45, 7) is 3.98. The molecule has 0 aliphatic heterocycles. The highest BCUT2D eigenvalue weighted by molar-refractivity contribution is 7.45. The molecule has 2 unspecified atom stereocenters. The van der Waals surface area contributed by atoms with Gasteiger partial charge < -0.3 is 27.9 Å². The van der Waals surface area contributed by atoms with E-state index in [4.69, 9.17) is 18.5 Å². The van der Waals surface area contributed by atoms with E-state index in [-0.39, 0.29) is 26.1 Å². The van der Waals surface area contributed by atoms with Crippen LogP contribution in [0.3, 0.4) is 0 Å². The molecule has 2 atom stereocenters. The van der Waals surface area contributed by atoms with Crippen LogP contribution < -0.4 is 4.89 Å². The van der Waals surface area contributed by atoms with Gasteiger partial charge in [0.15, 0.2) is 6.10 Å². The highest BCUT2D eigenvalue weighted by atomic mass is 31.2. The number of carbonyl (C=O) groups excluding carboxylic acids is 2. The highest BCUT2D eigenvalue weighted by Gasteiger charge is 2.21. The van der Waals surface area contributed by atoms with Gasteiger partial charge in [-0.2, -0.15) is 0 Å². The molecule has 0 aromatic heterocycles. The number of quaternary nitrogens is 1. The first kappa shape index (κ1) is 58.9. The minimum Gasteiger partial charge on any atom is -0.756 e. The average Bonchev–Trinajstić information content (AvgIpc) is 3.23. The van der Waals surface area contributed by atoms with Crippen molar-refractivity contribution in [3.8, 4) is 0 Å². The Bertz CT molecular complexity index is 1370. The largest absolute Gasteiger partial charge is 0.756 e. The van der Waals surface area contributed by atoms with Crippen molar-refractivity contribution in [2.24, 2.45) is 0 Å². The zero-order valence-corrected chi connectivity index (χ0v) is 40.7. The Labute approximate surface area is 379 Å². The molecule has 0 fully saturated rings. The maximum Gasteiger partial charge on any atom is 0.306 e. The van der Waals surface area contributed by atoms with E-state index in [0.29, 0.717) is 23.9 Å². The molecule has 0 saturated heterocycles. The molecule has 0 aromatic carbocycles. The molecule has 0 aliphatic carbocycles. The fraction of sp³-hybridized carbons (Fsp3) is 0.654. The third kappa shape index (κ3) is 46.4. The minimum absolute atomic E-state index is 0.0503. The van der Waals surface area contributed by atoms with Crippen molar-refractivity contribution in [3.63, 3.8) is 0 Å². The van der Waals surface area contributed by atoms with Crippen LogP contribution in [0.5, 0.6) is 0 Å². The summed E-state index contributed by atoms with van der Waals surface area (Å²) in [5.41, 5.74) is 0. The van der Waals surface area contributed by atoms with Crippen molar-refractivity contribution >= 4 is 19.8 Å². The summed E-state index contributed by atoms with van der Waals surface area (Å²) in [6, 6.07) is 0. The molecule has 0 N–H and O–H groups in total. The number of phosphoric ester groups is 1. The van der Waals surface area contributed by atoms with Gasteiger partial charge in [0.2, 0.25) is 0 Å². The van der Waals surface area contributed by atoms with Crippen LogP contribution in [0.15, 0.2) is 97.2 Å². The van der Waals surface area contributed by atoms with Gasteiger partial charge in [-0.3, -0.25) is 14.2 Å². The van der Waals surface area contributed by atoms with Crippen LogP contribution in [-0.4, -0.2) is 70.0 Å². The molecule has 0 spiro atoms. The molecule has 0 amide bonds. The van der Waals surface area contributed by atoms with E-state index in [2.05, 4.69) is 98.9 Å². The number of nitrogens with zero attached hydrogens (tertiary/aromatic N) is 1. The van der Waals surface area contributed by atoms with E-state index >= 15 is 0 Å². The van der Waals surface area contributed by atoms with E-state index in [9.17, 15) is 19.0 Å². The molecule has 0 rings (SSSR count). The van der Waals surface area contributed by atoms with Gasteiger partial charge in [-0.1, -0.05) is 169 Å². The van der Waals surface area contributed by atoms with Gasteiger partial charge in [0.1, 0.15) is 19.8 Å². The second kappa shape index (κ2) is 43.2. The standard InChI is InChI=1S/C52H88NO8P/c1-6-8-10-12-14-16-18-20-22-24-26-28-30-32-34-36-38-40-42-44-51(54)58-48-50(49-60-62(56,57)59-47-46-53(3,4)5)61-52(55)45-43-41-39-37-35-33-31-29-27-25-23-21-19-17-15-13-11-9-7-2/h9,11,14-17,20-23,27,29,33,35,39,41,50H,6-8,10,12-13,18-19,24-26,28,30-32,34,36-38,40,42-49H2,1-5H3/b11-9-,16-14-,17-15-,22-20-,23-21-,29-27-,35-33-,41-39-. The summed E-state index contributed by atoms with van der Waals surface area (Å²) in [6.07, 6.45) is 57.3. The van der Waals surface area contributed by atoms with Crippen LogP contribution in [0.1, 0.15) is 168 Å². The van der Waals surface area contributed by atoms with Crippen molar-refractivity contribution in [1.82, 2.24) is 0 Å². The van der Waals surface area contributed by atoms with E-state index in [1.54, 1.807) is 0 Å². The van der Waals surface area contributed by atoms with Gasteiger partial charge in [0, 0.05) is 12.8 Å². The first-order chi connectivity index (χ1) is 30.0. The molecule has 0 aliphatic rings. The summed E-state index contributed by atoms with van der Waals surface area (Å²) in [5.74, 6) is -0.945. The Balaban J connectivity index is 4.44. The minimum atomic E-state index is -4.66. The number of rotatable bonds is 42. The lowest BCUT2D eigenvalue weighted by Crippen LogP contribution is -2.37. The van der Waals surface area contributed by atoms with Crippen molar-refractivity contribution in [2.45, 2.75) is 174 Å². The molecule has 10 heteroatoms. The second-order valence-electron chi connectivity index (χ2n) is 16.7. The monoisotopic (exact) mass is 886 g/mol. The third-order valence-corrected chi connectivity index (χ3v) is 10.6. The van der Waals surface area contributed by atoms with E-state index < -0.39 is 32.5 Å². The van der Waals surface area contributed by atoms with Crippen LogP contribution >= 0.6 is 7.82 Å². The number of ether oxygens (including phenoxy) is 2. The topological polar surface area (TPSA) is 111 Å². The second-order valence-corrected chi connectivity index (χ2v) is 18.1. The van der Waals surface area contributed by atoms with Crippen LogP contribution in [0.2, 0.25) is 0 Å². The lowest BCUT2D eigenvalue weighted by molar-refractivity contribution is -0.870. The predicted molar refractivity (Wildman–Crippen MR) is 259 cm³/mol. The first-order valence-electron chi connectivity index (χ1n) is 23.9. The molecule has 354 valence electrons. The Morgan fingerprint density at radius 2 is 0.952 bits per heavy atom. The van der Waals surface area contributed by atoms with Crippen LogP contribution in [-0.2, 0) is 32.7 Å².